The minimum Gasteiger partial charge on any atom is -0.466 e. The van der Waals surface area contributed by atoms with Crippen LogP contribution in [0.2, 0.25) is 0 Å². The lowest BCUT2D eigenvalue weighted by Gasteiger charge is -2.05. The standard InChI is InChI=1S/C16H25N3O2.HI/c1-2-21-15(20)12-8-3-4-9-13-18-16(17)19-14-10-6-5-7-11-14;/h5-7,10-11H,2-4,8-9,12-13H2,1H3,(H3,17,18,19);1H. The van der Waals surface area contributed by atoms with Crippen molar-refractivity contribution in [2.24, 2.45) is 10.7 Å². The lowest BCUT2D eigenvalue weighted by atomic mass is 10.1. The number of aliphatic imine (C=N–C) groups is 1. The van der Waals surface area contributed by atoms with Gasteiger partial charge in [0.05, 0.1) is 6.61 Å². The molecule has 1 aromatic carbocycles. The van der Waals surface area contributed by atoms with E-state index in [0.29, 0.717) is 25.5 Å². The van der Waals surface area contributed by atoms with E-state index in [1.54, 1.807) is 0 Å². The molecule has 0 saturated heterocycles. The van der Waals surface area contributed by atoms with Crippen molar-refractivity contribution in [2.75, 3.05) is 18.5 Å². The number of esters is 1. The van der Waals surface area contributed by atoms with Crippen LogP contribution >= 0.6 is 24.0 Å². The highest BCUT2D eigenvalue weighted by molar-refractivity contribution is 14.0. The van der Waals surface area contributed by atoms with Crippen molar-refractivity contribution < 1.29 is 9.53 Å². The molecule has 0 unspecified atom stereocenters. The summed E-state index contributed by atoms with van der Waals surface area (Å²) in [7, 11) is 0. The maximum absolute atomic E-state index is 11.1. The zero-order valence-corrected chi connectivity index (χ0v) is 15.4. The van der Waals surface area contributed by atoms with E-state index < -0.39 is 0 Å². The molecule has 6 heteroatoms. The van der Waals surface area contributed by atoms with Crippen LogP contribution in [0.15, 0.2) is 35.3 Å². The van der Waals surface area contributed by atoms with E-state index in [4.69, 9.17) is 10.5 Å². The highest BCUT2D eigenvalue weighted by atomic mass is 127. The van der Waals surface area contributed by atoms with E-state index in [1.807, 2.05) is 37.3 Å². The van der Waals surface area contributed by atoms with Crippen LogP contribution in [0.1, 0.15) is 39.0 Å². The van der Waals surface area contributed by atoms with Gasteiger partial charge in [0, 0.05) is 18.7 Å². The van der Waals surface area contributed by atoms with Crippen LogP contribution in [0.25, 0.3) is 0 Å². The van der Waals surface area contributed by atoms with Crippen LogP contribution < -0.4 is 11.1 Å². The molecule has 1 rings (SSSR count). The number of carbonyl (C=O) groups is 1. The molecule has 0 saturated carbocycles. The molecule has 5 nitrogen and oxygen atoms in total. The fourth-order valence-corrected chi connectivity index (χ4v) is 1.88. The molecule has 0 heterocycles. The predicted octanol–water partition coefficient (Wildman–Crippen LogP) is 3.54. The Morgan fingerprint density at radius 1 is 1.18 bits per heavy atom. The third-order valence-electron chi connectivity index (χ3n) is 2.92. The number of halogens is 1. The highest BCUT2D eigenvalue weighted by Gasteiger charge is 2.00. The van der Waals surface area contributed by atoms with Crippen LogP contribution in [0.5, 0.6) is 0 Å². The first-order chi connectivity index (χ1) is 10.2. The largest absolute Gasteiger partial charge is 0.466 e. The summed E-state index contributed by atoms with van der Waals surface area (Å²) < 4.78 is 4.87. The van der Waals surface area contributed by atoms with Crippen LogP contribution in [-0.2, 0) is 9.53 Å². The molecule has 0 bridgehead atoms. The molecule has 0 fully saturated rings. The summed E-state index contributed by atoms with van der Waals surface area (Å²) in [4.78, 5) is 15.4. The zero-order chi connectivity index (χ0) is 15.3. The first-order valence-electron chi connectivity index (χ1n) is 7.50. The van der Waals surface area contributed by atoms with Gasteiger partial charge >= 0.3 is 5.97 Å². The second-order valence-electron chi connectivity index (χ2n) is 4.73. The maximum Gasteiger partial charge on any atom is 0.305 e. The Morgan fingerprint density at radius 2 is 1.86 bits per heavy atom. The molecule has 0 aliphatic rings. The summed E-state index contributed by atoms with van der Waals surface area (Å²) in [5.74, 6) is 0.333. The molecule has 3 N–H and O–H groups in total. The van der Waals surface area contributed by atoms with Crippen molar-refractivity contribution in [1.82, 2.24) is 0 Å². The van der Waals surface area contributed by atoms with E-state index in [2.05, 4.69) is 10.3 Å². The normalized spacial score (nSPS) is 10.7. The van der Waals surface area contributed by atoms with Gasteiger partial charge in [0.15, 0.2) is 5.96 Å². The fourth-order valence-electron chi connectivity index (χ4n) is 1.88. The topological polar surface area (TPSA) is 76.7 Å². The van der Waals surface area contributed by atoms with E-state index in [-0.39, 0.29) is 29.9 Å². The van der Waals surface area contributed by atoms with Gasteiger partial charge in [0.1, 0.15) is 0 Å². The molecule has 22 heavy (non-hydrogen) atoms. The number of rotatable bonds is 9. The third-order valence-corrected chi connectivity index (χ3v) is 2.92. The highest BCUT2D eigenvalue weighted by Crippen LogP contribution is 2.05. The summed E-state index contributed by atoms with van der Waals surface area (Å²) in [6, 6.07) is 9.72. The van der Waals surface area contributed by atoms with Crippen molar-refractivity contribution in [3.8, 4) is 0 Å². The van der Waals surface area contributed by atoms with E-state index in [1.165, 1.54) is 0 Å². The van der Waals surface area contributed by atoms with Gasteiger partial charge in [0.25, 0.3) is 0 Å². The summed E-state index contributed by atoms with van der Waals surface area (Å²) >= 11 is 0. The number of hydrogen-bond acceptors (Lipinski definition) is 3. The van der Waals surface area contributed by atoms with Crippen LogP contribution in [0, 0.1) is 0 Å². The van der Waals surface area contributed by atoms with Gasteiger partial charge in [-0.25, -0.2) is 0 Å². The number of nitrogens with one attached hydrogen (secondary N) is 1. The number of anilines is 1. The number of guanidine groups is 1. The van der Waals surface area contributed by atoms with Gasteiger partial charge < -0.3 is 15.8 Å². The van der Waals surface area contributed by atoms with E-state index in [0.717, 1.165) is 31.4 Å². The van der Waals surface area contributed by atoms with Gasteiger partial charge in [-0.1, -0.05) is 31.0 Å². The van der Waals surface area contributed by atoms with Crippen molar-refractivity contribution in [3.05, 3.63) is 30.3 Å². The van der Waals surface area contributed by atoms with Gasteiger partial charge in [-0.2, -0.15) is 0 Å². The monoisotopic (exact) mass is 419 g/mol. The molecule has 0 radical (unpaired) electrons. The first-order valence-corrected chi connectivity index (χ1v) is 7.50. The third kappa shape index (κ3) is 10.4. The molecule has 0 spiro atoms. The van der Waals surface area contributed by atoms with Crippen LogP contribution in [0.3, 0.4) is 0 Å². The number of ether oxygens (including phenoxy) is 1. The first kappa shape index (κ1) is 20.7. The van der Waals surface area contributed by atoms with Crippen molar-refractivity contribution in [1.29, 1.82) is 0 Å². The van der Waals surface area contributed by atoms with Crippen molar-refractivity contribution in [2.45, 2.75) is 39.0 Å². The second-order valence-corrected chi connectivity index (χ2v) is 4.73. The Bertz CT molecular complexity index is 438. The Kier molecular flexibility index (Phi) is 12.6. The van der Waals surface area contributed by atoms with Gasteiger partial charge in [0.2, 0.25) is 0 Å². The van der Waals surface area contributed by atoms with Crippen LogP contribution in [0.4, 0.5) is 5.69 Å². The van der Waals surface area contributed by atoms with Crippen molar-refractivity contribution in [3.63, 3.8) is 0 Å². The smallest absolute Gasteiger partial charge is 0.305 e. The number of benzene rings is 1. The number of carbonyl (C=O) groups excluding carboxylic acids is 1. The fraction of sp³-hybridized carbons (Fsp3) is 0.500. The van der Waals surface area contributed by atoms with Gasteiger partial charge in [-0.15, -0.1) is 24.0 Å². The Balaban J connectivity index is 0.00000441. The molecule has 0 atom stereocenters. The molecule has 0 aliphatic carbocycles. The minimum absolute atomic E-state index is 0. The summed E-state index contributed by atoms with van der Waals surface area (Å²) in [5, 5.41) is 3.04. The Labute approximate surface area is 149 Å². The average Bonchev–Trinajstić information content (AvgIpc) is 2.47. The minimum atomic E-state index is -0.105. The Morgan fingerprint density at radius 3 is 2.55 bits per heavy atom. The SMILES string of the molecule is CCOC(=O)CCCCCCN=C(N)Nc1ccccc1.I. The second kappa shape index (κ2) is 13.4. The molecule has 124 valence electrons. The quantitative estimate of drug-likeness (QED) is 0.211. The molecule has 0 aromatic heterocycles. The summed E-state index contributed by atoms with van der Waals surface area (Å²) in [6.07, 6.45) is 4.41. The lowest BCUT2D eigenvalue weighted by molar-refractivity contribution is -0.143. The summed E-state index contributed by atoms with van der Waals surface area (Å²) in [5.41, 5.74) is 6.74. The summed E-state index contributed by atoms with van der Waals surface area (Å²) in [6.45, 7) is 2.98. The predicted molar refractivity (Wildman–Crippen MR) is 102 cm³/mol. The lowest BCUT2D eigenvalue weighted by Crippen LogP contribution is -2.22. The number of para-hydroxylation sites is 1. The molecular formula is C16H26IN3O2. The molecule has 0 amide bonds. The number of nitrogens with zero attached hydrogens (tertiary/aromatic N) is 1. The van der Waals surface area contributed by atoms with E-state index in [9.17, 15) is 4.79 Å². The Hall–Kier alpha value is -1.31. The number of hydrogen-bond donors (Lipinski definition) is 2. The van der Waals surface area contributed by atoms with Crippen LogP contribution in [-0.4, -0.2) is 25.1 Å². The number of unbranched alkanes of at least 4 members (excludes halogenated alkanes) is 3. The maximum atomic E-state index is 11.1. The van der Waals surface area contributed by atoms with Crippen molar-refractivity contribution >= 4 is 41.6 Å². The molecular weight excluding hydrogens is 393 g/mol. The van der Waals surface area contributed by atoms with E-state index >= 15 is 0 Å². The number of nitrogens with two attached hydrogens (primary N) is 1. The molecule has 0 aliphatic heterocycles. The molecule has 1 aromatic rings. The van der Waals surface area contributed by atoms with Gasteiger partial charge in [-0.05, 0) is 31.9 Å². The zero-order valence-electron chi connectivity index (χ0n) is 13.1. The van der Waals surface area contributed by atoms with Gasteiger partial charge in [-0.3, -0.25) is 9.79 Å². The average molecular weight is 419 g/mol.